The molecule has 6 nitrogen and oxygen atoms in total. The zero-order valence-electron chi connectivity index (χ0n) is 13.7. The van der Waals surface area contributed by atoms with Gasteiger partial charge in [-0.25, -0.2) is 4.52 Å². The number of rotatable bonds is 5. The Balaban J connectivity index is 1.31. The van der Waals surface area contributed by atoms with Crippen molar-refractivity contribution in [3.05, 3.63) is 71.5 Å². The lowest BCUT2D eigenvalue weighted by molar-refractivity contribution is -0.121. The van der Waals surface area contributed by atoms with Crippen molar-refractivity contribution >= 4 is 17.3 Å². The highest BCUT2D eigenvalue weighted by molar-refractivity contribution is 5.98. The van der Waals surface area contributed by atoms with E-state index in [1.165, 1.54) is 0 Å². The Morgan fingerprint density at radius 1 is 1.16 bits per heavy atom. The molecule has 0 fully saturated rings. The molecule has 0 saturated carbocycles. The summed E-state index contributed by atoms with van der Waals surface area (Å²) in [6, 6.07) is 13.4. The lowest BCUT2D eigenvalue weighted by Gasteiger charge is -2.15. The Labute approximate surface area is 145 Å². The largest absolute Gasteiger partial charge is 0.352 e. The topological polar surface area (TPSA) is 66.7 Å². The van der Waals surface area contributed by atoms with Crippen LogP contribution < -0.4 is 5.32 Å². The highest BCUT2D eigenvalue weighted by atomic mass is 16.2. The predicted octanol–water partition coefficient (Wildman–Crippen LogP) is 2.00. The number of pyridine rings is 1. The molecule has 1 aromatic carbocycles. The molecule has 0 spiro atoms. The van der Waals surface area contributed by atoms with Gasteiger partial charge in [0, 0.05) is 43.4 Å². The Bertz CT molecular complexity index is 947. The van der Waals surface area contributed by atoms with E-state index in [9.17, 15) is 9.59 Å². The van der Waals surface area contributed by atoms with Gasteiger partial charge in [0.15, 0.2) is 0 Å². The summed E-state index contributed by atoms with van der Waals surface area (Å²) in [5, 5.41) is 7.16. The van der Waals surface area contributed by atoms with Crippen LogP contribution in [0.4, 0.5) is 0 Å². The van der Waals surface area contributed by atoms with Crippen LogP contribution in [0.25, 0.3) is 5.52 Å². The first-order valence-corrected chi connectivity index (χ1v) is 8.27. The van der Waals surface area contributed by atoms with Gasteiger partial charge in [-0.2, -0.15) is 5.10 Å². The maximum absolute atomic E-state index is 12.3. The minimum atomic E-state index is -0.0703. The lowest BCUT2D eigenvalue weighted by atomic mass is 10.1. The summed E-state index contributed by atoms with van der Waals surface area (Å²) >= 11 is 0. The van der Waals surface area contributed by atoms with Crippen LogP contribution in [-0.2, 0) is 17.9 Å². The fourth-order valence-electron chi connectivity index (χ4n) is 3.14. The molecule has 0 aliphatic carbocycles. The van der Waals surface area contributed by atoms with Crippen molar-refractivity contribution < 1.29 is 9.59 Å². The number of aromatic nitrogens is 2. The summed E-state index contributed by atoms with van der Waals surface area (Å²) in [7, 11) is 0. The third kappa shape index (κ3) is 2.98. The van der Waals surface area contributed by atoms with Gasteiger partial charge >= 0.3 is 0 Å². The fourth-order valence-corrected chi connectivity index (χ4v) is 3.14. The van der Waals surface area contributed by atoms with Crippen molar-refractivity contribution in [1.29, 1.82) is 0 Å². The molecule has 0 unspecified atom stereocenters. The molecule has 126 valence electrons. The SMILES string of the molecule is O=C(CCN1Cc2ccccc2C1=O)NCc1cnn2ccccc12. The van der Waals surface area contributed by atoms with E-state index < -0.39 is 0 Å². The highest BCUT2D eigenvalue weighted by Gasteiger charge is 2.26. The Hall–Kier alpha value is -3.15. The predicted molar refractivity (Wildman–Crippen MR) is 92.8 cm³/mol. The van der Waals surface area contributed by atoms with Crippen LogP contribution >= 0.6 is 0 Å². The molecule has 1 aliphatic heterocycles. The van der Waals surface area contributed by atoms with Gasteiger partial charge in [0.25, 0.3) is 5.91 Å². The van der Waals surface area contributed by atoms with Gasteiger partial charge in [0.1, 0.15) is 0 Å². The van der Waals surface area contributed by atoms with E-state index in [0.29, 0.717) is 26.1 Å². The average molecular weight is 334 g/mol. The summed E-state index contributed by atoms with van der Waals surface area (Å²) in [6.45, 7) is 1.44. The van der Waals surface area contributed by atoms with Crippen LogP contribution in [0.5, 0.6) is 0 Å². The van der Waals surface area contributed by atoms with E-state index in [1.807, 2.05) is 48.7 Å². The first-order chi connectivity index (χ1) is 12.2. The summed E-state index contributed by atoms with van der Waals surface area (Å²) < 4.78 is 1.78. The zero-order valence-corrected chi connectivity index (χ0v) is 13.7. The Kier molecular flexibility index (Phi) is 3.93. The molecule has 2 aromatic heterocycles. The van der Waals surface area contributed by atoms with Crippen molar-refractivity contribution in [1.82, 2.24) is 19.8 Å². The van der Waals surface area contributed by atoms with E-state index in [-0.39, 0.29) is 11.8 Å². The smallest absolute Gasteiger partial charge is 0.254 e. The van der Waals surface area contributed by atoms with Gasteiger partial charge in [-0.15, -0.1) is 0 Å². The highest BCUT2D eigenvalue weighted by Crippen LogP contribution is 2.22. The van der Waals surface area contributed by atoms with Crippen LogP contribution in [0, 0.1) is 0 Å². The monoisotopic (exact) mass is 334 g/mol. The Morgan fingerprint density at radius 2 is 2.00 bits per heavy atom. The van der Waals surface area contributed by atoms with Gasteiger partial charge in [-0.05, 0) is 23.8 Å². The molecule has 6 heteroatoms. The van der Waals surface area contributed by atoms with E-state index in [1.54, 1.807) is 15.6 Å². The molecule has 3 heterocycles. The molecule has 3 aromatic rings. The first kappa shape index (κ1) is 15.4. The number of nitrogens with zero attached hydrogens (tertiary/aromatic N) is 3. The summed E-state index contributed by atoms with van der Waals surface area (Å²) in [5.74, 6) is -0.0648. The molecule has 0 radical (unpaired) electrons. The van der Waals surface area contributed by atoms with Crippen LogP contribution in [0.1, 0.15) is 27.9 Å². The number of carbonyl (C=O) groups is 2. The van der Waals surface area contributed by atoms with E-state index >= 15 is 0 Å². The fraction of sp³-hybridized carbons (Fsp3) is 0.211. The van der Waals surface area contributed by atoms with Crippen LogP contribution in [0.2, 0.25) is 0 Å². The molecule has 25 heavy (non-hydrogen) atoms. The second kappa shape index (κ2) is 6.39. The molecule has 1 aliphatic rings. The van der Waals surface area contributed by atoms with Gasteiger partial charge in [0.05, 0.1) is 11.7 Å². The minimum absolute atomic E-state index is 0.00558. The molecular weight excluding hydrogens is 316 g/mol. The van der Waals surface area contributed by atoms with E-state index in [2.05, 4.69) is 10.4 Å². The molecular formula is C19H18N4O2. The van der Waals surface area contributed by atoms with E-state index in [4.69, 9.17) is 0 Å². The summed E-state index contributed by atoms with van der Waals surface area (Å²) in [5.41, 5.74) is 3.72. The number of amides is 2. The van der Waals surface area contributed by atoms with Crippen molar-refractivity contribution in [2.45, 2.75) is 19.5 Å². The molecule has 0 bridgehead atoms. The number of fused-ring (bicyclic) bond motifs is 2. The normalized spacial score (nSPS) is 13.3. The molecule has 0 atom stereocenters. The second-order valence-corrected chi connectivity index (χ2v) is 6.11. The van der Waals surface area contributed by atoms with Crippen LogP contribution in [-0.4, -0.2) is 32.9 Å². The average Bonchev–Trinajstić information content (AvgIpc) is 3.20. The zero-order chi connectivity index (χ0) is 17.2. The quantitative estimate of drug-likeness (QED) is 0.776. The number of nitrogens with one attached hydrogen (secondary N) is 1. The first-order valence-electron chi connectivity index (χ1n) is 8.27. The van der Waals surface area contributed by atoms with Crippen molar-refractivity contribution in [3.8, 4) is 0 Å². The molecule has 0 saturated heterocycles. The number of hydrogen-bond donors (Lipinski definition) is 1. The van der Waals surface area contributed by atoms with Gasteiger partial charge < -0.3 is 10.2 Å². The number of carbonyl (C=O) groups excluding carboxylic acids is 2. The number of benzene rings is 1. The summed E-state index contributed by atoms with van der Waals surface area (Å²) in [6.07, 6.45) is 3.92. The van der Waals surface area contributed by atoms with Crippen LogP contribution in [0.15, 0.2) is 54.9 Å². The summed E-state index contributed by atoms with van der Waals surface area (Å²) in [4.78, 5) is 26.1. The van der Waals surface area contributed by atoms with Crippen molar-refractivity contribution in [2.24, 2.45) is 0 Å². The second-order valence-electron chi connectivity index (χ2n) is 6.11. The van der Waals surface area contributed by atoms with Gasteiger partial charge in [0.2, 0.25) is 5.91 Å². The molecule has 2 amide bonds. The third-order valence-electron chi connectivity index (χ3n) is 4.49. The molecule has 1 N–H and O–H groups in total. The standard InChI is InChI=1S/C19H18N4O2/c24-18(20-11-15-12-21-23-9-4-3-7-17(15)23)8-10-22-13-14-5-1-2-6-16(14)19(22)25/h1-7,9,12H,8,10-11,13H2,(H,20,24). The van der Waals surface area contributed by atoms with Crippen molar-refractivity contribution in [3.63, 3.8) is 0 Å². The lowest BCUT2D eigenvalue weighted by Crippen LogP contribution is -2.30. The van der Waals surface area contributed by atoms with E-state index in [0.717, 1.165) is 22.2 Å². The maximum atomic E-state index is 12.3. The van der Waals surface area contributed by atoms with Gasteiger partial charge in [-0.3, -0.25) is 9.59 Å². The van der Waals surface area contributed by atoms with Crippen molar-refractivity contribution in [2.75, 3.05) is 6.54 Å². The maximum Gasteiger partial charge on any atom is 0.254 e. The third-order valence-corrected chi connectivity index (χ3v) is 4.49. The van der Waals surface area contributed by atoms with Crippen LogP contribution in [0.3, 0.4) is 0 Å². The Morgan fingerprint density at radius 3 is 2.88 bits per heavy atom. The minimum Gasteiger partial charge on any atom is -0.352 e. The van der Waals surface area contributed by atoms with Gasteiger partial charge in [-0.1, -0.05) is 24.3 Å². The molecule has 4 rings (SSSR count). The number of hydrogen-bond acceptors (Lipinski definition) is 3.